The highest BCUT2D eigenvalue weighted by molar-refractivity contribution is 5.91. The van der Waals surface area contributed by atoms with Gasteiger partial charge in [0.1, 0.15) is 18.2 Å². The number of benzene rings is 2. The standard InChI is InChI=1S/C14H13FO3/c1-8-10(7-18-9(2)16)5-14(17)13-6-11(15)3-4-12(8)13/h3-6,17H,7H2,1-2H3. The fraction of sp³-hybridized carbons (Fsp3) is 0.214. The van der Waals surface area contributed by atoms with E-state index in [-0.39, 0.29) is 18.3 Å². The Bertz CT molecular complexity index is 620. The van der Waals surface area contributed by atoms with Gasteiger partial charge in [0.05, 0.1) is 0 Å². The molecular weight excluding hydrogens is 235 g/mol. The fourth-order valence-electron chi connectivity index (χ4n) is 1.91. The van der Waals surface area contributed by atoms with Gasteiger partial charge in [0.15, 0.2) is 0 Å². The number of carbonyl (C=O) groups is 1. The third-order valence-corrected chi connectivity index (χ3v) is 2.89. The summed E-state index contributed by atoms with van der Waals surface area (Å²) in [6, 6.07) is 5.73. The SMILES string of the molecule is CC(=O)OCc1cc(O)c2cc(F)ccc2c1C. The van der Waals surface area contributed by atoms with Crippen molar-refractivity contribution < 1.29 is 19.0 Å². The summed E-state index contributed by atoms with van der Waals surface area (Å²) in [7, 11) is 0. The van der Waals surface area contributed by atoms with Crippen LogP contribution in [0.4, 0.5) is 4.39 Å². The normalized spacial score (nSPS) is 10.6. The average molecular weight is 248 g/mol. The molecule has 94 valence electrons. The lowest BCUT2D eigenvalue weighted by atomic mass is 9.99. The Hall–Kier alpha value is -2.10. The van der Waals surface area contributed by atoms with Gasteiger partial charge in [-0.2, -0.15) is 0 Å². The smallest absolute Gasteiger partial charge is 0.302 e. The topological polar surface area (TPSA) is 46.5 Å². The molecule has 0 amide bonds. The van der Waals surface area contributed by atoms with Crippen LogP contribution in [0.5, 0.6) is 5.75 Å². The molecule has 4 heteroatoms. The number of hydrogen-bond acceptors (Lipinski definition) is 3. The van der Waals surface area contributed by atoms with Gasteiger partial charge >= 0.3 is 5.97 Å². The quantitative estimate of drug-likeness (QED) is 0.831. The Morgan fingerprint density at radius 1 is 1.33 bits per heavy atom. The van der Waals surface area contributed by atoms with Crippen LogP contribution in [0.3, 0.4) is 0 Å². The van der Waals surface area contributed by atoms with Crippen molar-refractivity contribution in [2.45, 2.75) is 20.5 Å². The fourth-order valence-corrected chi connectivity index (χ4v) is 1.91. The van der Waals surface area contributed by atoms with E-state index >= 15 is 0 Å². The van der Waals surface area contributed by atoms with E-state index in [1.54, 1.807) is 6.07 Å². The van der Waals surface area contributed by atoms with Gasteiger partial charge in [0.25, 0.3) is 0 Å². The number of rotatable bonds is 2. The second-order valence-corrected chi connectivity index (χ2v) is 4.15. The summed E-state index contributed by atoms with van der Waals surface area (Å²) >= 11 is 0. The number of aryl methyl sites for hydroxylation is 1. The van der Waals surface area contributed by atoms with E-state index in [1.165, 1.54) is 25.1 Å². The number of halogens is 1. The molecule has 0 saturated carbocycles. The van der Waals surface area contributed by atoms with Gasteiger partial charge in [0, 0.05) is 12.3 Å². The highest BCUT2D eigenvalue weighted by atomic mass is 19.1. The van der Waals surface area contributed by atoms with Crippen LogP contribution in [0.25, 0.3) is 10.8 Å². The number of phenols is 1. The monoisotopic (exact) mass is 248 g/mol. The summed E-state index contributed by atoms with van der Waals surface area (Å²) in [4.78, 5) is 10.8. The molecule has 0 atom stereocenters. The zero-order valence-electron chi connectivity index (χ0n) is 10.2. The minimum atomic E-state index is -0.398. The van der Waals surface area contributed by atoms with Crippen molar-refractivity contribution in [1.29, 1.82) is 0 Å². The number of esters is 1. The van der Waals surface area contributed by atoms with Crippen LogP contribution in [0.15, 0.2) is 24.3 Å². The number of fused-ring (bicyclic) bond motifs is 1. The van der Waals surface area contributed by atoms with E-state index in [0.29, 0.717) is 10.9 Å². The van der Waals surface area contributed by atoms with Gasteiger partial charge in [0.2, 0.25) is 0 Å². The first kappa shape index (κ1) is 12.4. The molecule has 18 heavy (non-hydrogen) atoms. The van der Waals surface area contributed by atoms with E-state index in [0.717, 1.165) is 10.9 Å². The Morgan fingerprint density at radius 2 is 2.06 bits per heavy atom. The minimum absolute atomic E-state index is 0.0164. The van der Waals surface area contributed by atoms with Crippen LogP contribution in [0.1, 0.15) is 18.1 Å². The first-order valence-corrected chi connectivity index (χ1v) is 5.53. The maximum absolute atomic E-state index is 13.1. The first-order valence-electron chi connectivity index (χ1n) is 5.53. The molecule has 0 aliphatic heterocycles. The summed E-state index contributed by atoms with van der Waals surface area (Å²) in [6.45, 7) is 3.27. The van der Waals surface area contributed by atoms with Crippen molar-refractivity contribution >= 4 is 16.7 Å². The predicted octanol–water partition coefficient (Wildman–Crippen LogP) is 3.06. The Morgan fingerprint density at radius 3 is 2.72 bits per heavy atom. The number of hydrogen-bond donors (Lipinski definition) is 1. The van der Waals surface area contributed by atoms with Gasteiger partial charge in [-0.15, -0.1) is 0 Å². The summed E-state index contributed by atoms with van der Waals surface area (Å²) in [6.07, 6.45) is 0. The molecular formula is C14H13FO3. The maximum Gasteiger partial charge on any atom is 0.302 e. The van der Waals surface area contributed by atoms with Gasteiger partial charge in [-0.25, -0.2) is 4.39 Å². The third kappa shape index (κ3) is 2.27. The average Bonchev–Trinajstić information content (AvgIpc) is 2.31. The Labute approximate surface area is 104 Å². The number of carbonyl (C=O) groups excluding carboxylic acids is 1. The van der Waals surface area contributed by atoms with Crippen molar-refractivity contribution in [3.8, 4) is 5.75 Å². The minimum Gasteiger partial charge on any atom is -0.507 e. The Kier molecular flexibility index (Phi) is 3.19. The molecule has 0 spiro atoms. The van der Waals surface area contributed by atoms with E-state index in [4.69, 9.17) is 4.74 Å². The summed E-state index contributed by atoms with van der Waals surface area (Å²) in [5.74, 6) is -0.796. The molecule has 0 heterocycles. The van der Waals surface area contributed by atoms with Crippen molar-refractivity contribution in [3.63, 3.8) is 0 Å². The summed E-state index contributed by atoms with van der Waals surface area (Å²) in [5.41, 5.74) is 1.57. The van der Waals surface area contributed by atoms with E-state index in [2.05, 4.69) is 0 Å². The highest BCUT2D eigenvalue weighted by Gasteiger charge is 2.10. The predicted molar refractivity (Wildman–Crippen MR) is 65.8 cm³/mol. The van der Waals surface area contributed by atoms with E-state index in [1.807, 2.05) is 6.92 Å². The molecule has 0 radical (unpaired) electrons. The summed E-state index contributed by atoms with van der Waals surface area (Å²) < 4.78 is 18.0. The second-order valence-electron chi connectivity index (χ2n) is 4.15. The number of aromatic hydroxyl groups is 1. The molecule has 2 aromatic carbocycles. The van der Waals surface area contributed by atoms with Gasteiger partial charge in [-0.05, 0) is 41.6 Å². The third-order valence-electron chi connectivity index (χ3n) is 2.89. The van der Waals surface area contributed by atoms with Crippen molar-refractivity contribution in [2.24, 2.45) is 0 Å². The molecule has 3 nitrogen and oxygen atoms in total. The largest absolute Gasteiger partial charge is 0.507 e. The van der Waals surface area contributed by atoms with Gasteiger partial charge in [-0.1, -0.05) is 6.07 Å². The lowest BCUT2D eigenvalue weighted by Gasteiger charge is -2.11. The molecule has 0 bridgehead atoms. The van der Waals surface area contributed by atoms with Crippen LogP contribution < -0.4 is 0 Å². The molecule has 0 saturated heterocycles. The second kappa shape index (κ2) is 4.64. The zero-order chi connectivity index (χ0) is 13.3. The molecule has 0 unspecified atom stereocenters. The zero-order valence-corrected chi connectivity index (χ0v) is 10.2. The van der Waals surface area contributed by atoms with Crippen LogP contribution in [-0.4, -0.2) is 11.1 Å². The van der Waals surface area contributed by atoms with Crippen LogP contribution in [0.2, 0.25) is 0 Å². The van der Waals surface area contributed by atoms with Crippen LogP contribution in [0, 0.1) is 12.7 Å². The van der Waals surface area contributed by atoms with Crippen molar-refractivity contribution in [1.82, 2.24) is 0 Å². The van der Waals surface area contributed by atoms with E-state index in [9.17, 15) is 14.3 Å². The highest BCUT2D eigenvalue weighted by Crippen LogP contribution is 2.31. The number of phenolic OH excluding ortho intramolecular Hbond substituents is 1. The lowest BCUT2D eigenvalue weighted by Crippen LogP contribution is -2.01. The molecule has 2 rings (SSSR count). The van der Waals surface area contributed by atoms with Gasteiger partial charge < -0.3 is 9.84 Å². The van der Waals surface area contributed by atoms with Gasteiger partial charge in [-0.3, -0.25) is 4.79 Å². The summed E-state index contributed by atoms with van der Waals surface area (Å²) in [5, 5.41) is 11.1. The molecule has 2 aromatic rings. The number of ether oxygens (including phenoxy) is 1. The molecule has 0 aliphatic rings. The Balaban J connectivity index is 2.54. The van der Waals surface area contributed by atoms with E-state index < -0.39 is 5.82 Å². The maximum atomic E-state index is 13.1. The van der Waals surface area contributed by atoms with Crippen molar-refractivity contribution in [2.75, 3.05) is 0 Å². The molecule has 0 fully saturated rings. The van der Waals surface area contributed by atoms with Crippen LogP contribution >= 0.6 is 0 Å². The lowest BCUT2D eigenvalue weighted by molar-refractivity contribution is -0.142. The molecule has 1 N–H and O–H groups in total. The first-order chi connectivity index (χ1) is 8.49. The van der Waals surface area contributed by atoms with Crippen molar-refractivity contribution in [3.05, 3.63) is 41.2 Å². The molecule has 0 aromatic heterocycles. The van der Waals surface area contributed by atoms with Crippen LogP contribution in [-0.2, 0) is 16.1 Å². The molecule has 0 aliphatic carbocycles.